The summed E-state index contributed by atoms with van der Waals surface area (Å²) in [7, 11) is -5.27. The molecule has 8 nitrogen and oxygen atoms in total. The normalized spacial score (nSPS) is 13.2. The molecule has 3 aromatic rings. The topological polar surface area (TPSA) is 104 Å². The number of sulfone groups is 1. The van der Waals surface area contributed by atoms with E-state index in [9.17, 15) is 13.2 Å². The third-order valence-corrected chi connectivity index (χ3v) is 12.4. The molecule has 1 N–H and O–H groups in total. The van der Waals surface area contributed by atoms with Gasteiger partial charge in [-0.25, -0.2) is 13.4 Å². The highest BCUT2D eigenvalue weighted by atomic mass is 32.2. The molecule has 0 radical (unpaired) electrons. The maximum absolute atomic E-state index is 12.9. The van der Waals surface area contributed by atoms with Crippen molar-refractivity contribution in [3.8, 4) is 17.2 Å². The molecular weight excluding hydrogens is 529 g/mol. The summed E-state index contributed by atoms with van der Waals surface area (Å²) in [5.41, 5.74) is 0.327. The largest absolute Gasteiger partial charge is 0.488 e. The zero-order valence-corrected chi connectivity index (χ0v) is 24.8. The monoisotopic (exact) mass is 562 g/mol. The van der Waals surface area contributed by atoms with Crippen molar-refractivity contribution in [3.63, 3.8) is 0 Å². The first-order valence-corrected chi connectivity index (χ1v) is 17.5. The fourth-order valence-corrected chi connectivity index (χ4v) is 5.22. The number of nitrogens with one attached hydrogen (secondary N) is 1. The molecule has 200 valence electrons. The van der Waals surface area contributed by atoms with Gasteiger partial charge >= 0.3 is 0 Å². The molecule has 0 aliphatic rings. The second-order valence-electron chi connectivity index (χ2n) is 10.3. The fraction of sp³-hybridized carbons (Fsp3) is 0.385. The molecule has 1 amide bonds. The molecule has 37 heavy (non-hydrogen) atoms. The van der Waals surface area contributed by atoms with E-state index in [0.717, 1.165) is 6.26 Å². The van der Waals surface area contributed by atoms with Crippen molar-refractivity contribution in [2.24, 2.45) is 0 Å². The van der Waals surface area contributed by atoms with Gasteiger partial charge in [-0.05, 0) is 61.5 Å². The van der Waals surface area contributed by atoms with E-state index in [-0.39, 0.29) is 21.9 Å². The van der Waals surface area contributed by atoms with E-state index < -0.39 is 18.2 Å². The zero-order valence-electron chi connectivity index (χ0n) is 22.2. The fourth-order valence-electron chi connectivity index (χ4n) is 2.98. The van der Waals surface area contributed by atoms with Crippen LogP contribution in [0.25, 0.3) is 0 Å². The van der Waals surface area contributed by atoms with Crippen LogP contribution in [0.5, 0.6) is 17.2 Å². The molecule has 0 saturated carbocycles. The summed E-state index contributed by atoms with van der Waals surface area (Å²) in [6.45, 7) is 13.2. The minimum absolute atomic E-state index is 0.0776. The maximum atomic E-state index is 12.9. The summed E-state index contributed by atoms with van der Waals surface area (Å²) in [5, 5.41) is 5.09. The van der Waals surface area contributed by atoms with E-state index in [1.807, 2.05) is 6.92 Å². The van der Waals surface area contributed by atoms with Crippen LogP contribution in [0.2, 0.25) is 18.1 Å². The number of thiazole rings is 1. The SMILES string of the molecule is CC(CO[Si](C)(C)C(C)(C)C)Oc1cc(Oc2ccc(S(C)(=O)=O)cc2)cc(C(=O)Nc2nccs2)c1. The number of nitrogens with zero attached hydrogens (tertiary/aromatic N) is 1. The Bertz CT molecular complexity index is 1320. The average Bonchev–Trinajstić information content (AvgIpc) is 3.29. The Hall–Kier alpha value is -2.73. The summed E-state index contributed by atoms with van der Waals surface area (Å²) in [5.74, 6) is 0.875. The quantitative estimate of drug-likeness (QED) is 0.286. The molecule has 0 spiro atoms. The molecule has 1 aromatic heterocycles. The smallest absolute Gasteiger partial charge is 0.257 e. The second kappa shape index (κ2) is 11.3. The molecule has 0 fully saturated rings. The number of carbonyl (C=O) groups excluding carboxylic acids is 1. The number of hydrogen-bond acceptors (Lipinski definition) is 8. The van der Waals surface area contributed by atoms with E-state index in [1.165, 1.54) is 23.5 Å². The number of amides is 1. The van der Waals surface area contributed by atoms with Crippen molar-refractivity contribution in [3.05, 3.63) is 59.6 Å². The Balaban J connectivity index is 1.83. The minimum Gasteiger partial charge on any atom is -0.488 e. The molecule has 0 bridgehead atoms. The Morgan fingerprint density at radius 3 is 2.30 bits per heavy atom. The van der Waals surface area contributed by atoms with Gasteiger partial charge in [-0.1, -0.05) is 20.8 Å². The maximum Gasteiger partial charge on any atom is 0.257 e. The summed E-state index contributed by atoms with van der Waals surface area (Å²) in [6, 6.07) is 11.0. The molecule has 11 heteroatoms. The van der Waals surface area contributed by atoms with E-state index in [4.69, 9.17) is 13.9 Å². The van der Waals surface area contributed by atoms with E-state index in [2.05, 4.69) is 44.2 Å². The molecule has 1 heterocycles. The van der Waals surface area contributed by atoms with Gasteiger partial charge in [-0.15, -0.1) is 11.3 Å². The van der Waals surface area contributed by atoms with Crippen LogP contribution in [0.1, 0.15) is 38.1 Å². The Kier molecular flexibility index (Phi) is 8.84. The van der Waals surface area contributed by atoms with E-state index in [1.54, 1.807) is 41.9 Å². The average molecular weight is 563 g/mol. The standard InChI is InChI=1S/C26H34N2O6S2Si/c1-18(17-32-37(6,7)26(2,3)4)33-21-14-19(24(29)28-25-27-12-13-35-25)15-22(16-21)34-20-8-10-23(11-9-20)36(5,30)31/h8-16,18H,17H2,1-7H3,(H,27,28,29). The van der Waals surface area contributed by atoms with Gasteiger partial charge in [-0.3, -0.25) is 10.1 Å². The van der Waals surface area contributed by atoms with Crippen molar-refractivity contribution in [2.75, 3.05) is 18.2 Å². The van der Waals surface area contributed by atoms with Crippen molar-refractivity contribution in [1.29, 1.82) is 0 Å². The first kappa shape index (κ1) is 28.8. The van der Waals surface area contributed by atoms with E-state index >= 15 is 0 Å². The zero-order chi connectivity index (χ0) is 27.4. The van der Waals surface area contributed by atoms with Gasteiger partial charge in [-0.2, -0.15) is 0 Å². The van der Waals surface area contributed by atoms with Crippen LogP contribution in [0, 0.1) is 0 Å². The molecule has 1 unspecified atom stereocenters. The number of aromatic nitrogens is 1. The van der Waals surface area contributed by atoms with Gasteiger partial charge in [0.1, 0.15) is 23.4 Å². The number of benzene rings is 2. The van der Waals surface area contributed by atoms with Crippen molar-refractivity contribution >= 4 is 40.5 Å². The Morgan fingerprint density at radius 1 is 1.08 bits per heavy atom. The molecule has 0 saturated heterocycles. The molecule has 1 atom stereocenters. The lowest BCUT2D eigenvalue weighted by atomic mass is 10.2. The first-order chi connectivity index (χ1) is 17.1. The lowest BCUT2D eigenvalue weighted by Crippen LogP contribution is -2.43. The molecule has 3 rings (SSSR count). The number of anilines is 1. The number of carbonyl (C=O) groups is 1. The van der Waals surface area contributed by atoms with Crippen LogP contribution in [0.15, 0.2) is 58.9 Å². The first-order valence-electron chi connectivity index (χ1n) is 11.8. The predicted molar refractivity (Wildman–Crippen MR) is 149 cm³/mol. The van der Waals surface area contributed by atoms with Crippen LogP contribution in [-0.2, 0) is 14.3 Å². The molecule has 0 aliphatic carbocycles. The highest BCUT2D eigenvalue weighted by Crippen LogP contribution is 2.37. The van der Waals surface area contributed by atoms with Crippen LogP contribution in [0.3, 0.4) is 0 Å². The Morgan fingerprint density at radius 2 is 1.73 bits per heavy atom. The van der Waals surface area contributed by atoms with Crippen LogP contribution in [-0.4, -0.2) is 46.6 Å². The minimum atomic E-state index is -3.32. The summed E-state index contributed by atoms with van der Waals surface area (Å²) < 4.78 is 41.9. The van der Waals surface area contributed by atoms with Gasteiger partial charge < -0.3 is 13.9 Å². The van der Waals surface area contributed by atoms with Crippen LogP contribution < -0.4 is 14.8 Å². The summed E-state index contributed by atoms with van der Waals surface area (Å²) >= 11 is 1.31. The van der Waals surface area contributed by atoms with E-state index in [0.29, 0.717) is 34.6 Å². The number of rotatable bonds is 10. The summed E-state index contributed by atoms with van der Waals surface area (Å²) in [6.07, 6.45) is 2.49. The number of ether oxygens (including phenoxy) is 2. The van der Waals surface area contributed by atoms with Crippen LogP contribution in [0.4, 0.5) is 5.13 Å². The van der Waals surface area contributed by atoms with Gasteiger partial charge in [0.15, 0.2) is 23.3 Å². The van der Waals surface area contributed by atoms with Crippen molar-refractivity contribution < 1.29 is 27.1 Å². The van der Waals surface area contributed by atoms with Crippen molar-refractivity contribution in [1.82, 2.24) is 4.98 Å². The lowest BCUT2D eigenvalue weighted by molar-refractivity contribution is 0.102. The van der Waals surface area contributed by atoms with Gasteiger partial charge in [0.2, 0.25) is 0 Å². The number of hydrogen-bond donors (Lipinski definition) is 1. The molecule has 2 aromatic carbocycles. The van der Waals surface area contributed by atoms with Crippen LogP contribution >= 0.6 is 11.3 Å². The molecular formula is C26H34N2O6S2Si. The van der Waals surface area contributed by atoms with Gasteiger partial charge in [0, 0.05) is 29.5 Å². The highest BCUT2D eigenvalue weighted by Gasteiger charge is 2.37. The highest BCUT2D eigenvalue weighted by molar-refractivity contribution is 7.90. The second-order valence-corrected chi connectivity index (χ2v) is 18.0. The predicted octanol–water partition coefficient (Wildman–Crippen LogP) is 6.38. The third-order valence-electron chi connectivity index (χ3n) is 6.10. The Labute approximate surface area is 224 Å². The molecule has 0 aliphatic heterocycles. The summed E-state index contributed by atoms with van der Waals surface area (Å²) in [4.78, 5) is 17.2. The third kappa shape index (κ3) is 8.13. The van der Waals surface area contributed by atoms with Gasteiger partial charge in [0.25, 0.3) is 5.91 Å². The van der Waals surface area contributed by atoms with Gasteiger partial charge in [0.05, 0.1) is 11.5 Å². The lowest BCUT2D eigenvalue weighted by Gasteiger charge is -2.36. The van der Waals surface area contributed by atoms with Crippen molar-refractivity contribution in [2.45, 2.75) is 56.8 Å².